The van der Waals surface area contributed by atoms with E-state index in [1.807, 2.05) is 24.3 Å². The van der Waals surface area contributed by atoms with Gasteiger partial charge in [0.1, 0.15) is 0 Å². The van der Waals surface area contributed by atoms with Crippen LogP contribution in [0.5, 0.6) is 0 Å². The Bertz CT molecular complexity index is 666. The van der Waals surface area contributed by atoms with E-state index in [1.165, 1.54) is 0 Å². The molecule has 0 aromatic heterocycles. The van der Waals surface area contributed by atoms with E-state index >= 15 is 0 Å². The van der Waals surface area contributed by atoms with Crippen molar-refractivity contribution in [2.24, 2.45) is 0 Å². The van der Waals surface area contributed by atoms with Crippen molar-refractivity contribution in [3.63, 3.8) is 0 Å². The van der Waals surface area contributed by atoms with Crippen LogP contribution in [0.4, 0.5) is 0 Å². The van der Waals surface area contributed by atoms with Gasteiger partial charge in [-0.25, -0.2) is 0 Å². The first-order chi connectivity index (χ1) is 11.7. The second kappa shape index (κ2) is 8.48. The molecule has 0 fully saturated rings. The summed E-state index contributed by atoms with van der Waals surface area (Å²) < 4.78 is 0. The van der Waals surface area contributed by atoms with Crippen LogP contribution in [0.2, 0.25) is 0 Å². The van der Waals surface area contributed by atoms with E-state index in [0.717, 1.165) is 11.1 Å². The molecule has 0 atom stereocenters. The molecule has 0 heterocycles. The Hall–Kier alpha value is -3.14. The van der Waals surface area contributed by atoms with Gasteiger partial charge < -0.3 is 10.6 Å². The maximum absolute atomic E-state index is 11.8. The molecular formula is C20H20N2O2. The molecule has 0 radical (unpaired) electrons. The molecule has 0 spiro atoms. The molecule has 122 valence electrons. The standard InChI is InChI=1S/C20H20N2O2/c1-3-13-21-19(23)17-9-5-15(6-10-17)16-7-11-18(12-8-16)20(24)22-14-4-2/h3-12H,1-2,13-14H2,(H,21,23)(H,22,24). The predicted molar refractivity (Wildman–Crippen MR) is 96.9 cm³/mol. The number of nitrogens with one attached hydrogen (secondary N) is 2. The summed E-state index contributed by atoms with van der Waals surface area (Å²) in [4.78, 5) is 23.7. The highest BCUT2D eigenvalue weighted by Gasteiger charge is 2.07. The van der Waals surface area contributed by atoms with E-state index in [2.05, 4.69) is 23.8 Å². The van der Waals surface area contributed by atoms with Crippen molar-refractivity contribution in [3.8, 4) is 11.1 Å². The minimum absolute atomic E-state index is 0.129. The lowest BCUT2D eigenvalue weighted by atomic mass is 10.0. The molecule has 4 nitrogen and oxygen atoms in total. The van der Waals surface area contributed by atoms with Crippen LogP contribution in [0.1, 0.15) is 20.7 Å². The van der Waals surface area contributed by atoms with Crippen LogP contribution in [0.3, 0.4) is 0 Å². The SMILES string of the molecule is C=CCNC(=O)c1ccc(-c2ccc(C(=O)NCC=C)cc2)cc1. The Labute approximate surface area is 141 Å². The largest absolute Gasteiger partial charge is 0.349 e. The molecule has 0 unspecified atom stereocenters. The summed E-state index contributed by atoms with van der Waals surface area (Å²) in [6.07, 6.45) is 3.28. The van der Waals surface area contributed by atoms with Gasteiger partial charge in [-0.3, -0.25) is 9.59 Å². The highest BCUT2D eigenvalue weighted by atomic mass is 16.2. The van der Waals surface area contributed by atoms with Crippen LogP contribution >= 0.6 is 0 Å². The normalized spacial score (nSPS) is 9.83. The van der Waals surface area contributed by atoms with Gasteiger partial charge in [0.25, 0.3) is 11.8 Å². The van der Waals surface area contributed by atoms with Gasteiger partial charge in [-0.1, -0.05) is 36.4 Å². The van der Waals surface area contributed by atoms with Crippen molar-refractivity contribution < 1.29 is 9.59 Å². The lowest BCUT2D eigenvalue weighted by Crippen LogP contribution is -2.23. The van der Waals surface area contributed by atoms with Crippen molar-refractivity contribution in [2.75, 3.05) is 13.1 Å². The minimum Gasteiger partial charge on any atom is -0.349 e. The quantitative estimate of drug-likeness (QED) is 0.770. The smallest absolute Gasteiger partial charge is 0.251 e. The highest BCUT2D eigenvalue weighted by molar-refractivity contribution is 5.95. The molecule has 2 aromatic carbocycles. The third-order valence-corrected chi connectivity index (χ3v) is 3.44. The lowest BCUT2D eigenvalue weighted by Gasteiger charge is -2.06. The van der Waals surface area contributed by atoms with Gasteiger partial charge >= 0.3 is 0 Å². The van der Waals surface area contributed by atoms with Gasteiger partial charge in [0.2, 0.25) is 0 Å². The molecular weight excluding hydrogens is 300 g/mol. The maximum atomic E-state index is 11.8. The summed E-state index contributed by atoms with van der Waals surface area (Å²) in [6.45, 7) is 8.02. The molecule has 24 heavy (non-hydrogen) atoms. The van der Waals surface area contributed by atoms with Gasteiger partial charge in [-0.05, 0) is 35.4 Å². The third kappa shape index (κ3) is 4.43. The zero-order chi connectivity index (χ0) is 17.4. The Balaban J connectivity index is 2.09. The molecule has 0 aliphatic rings. The summed E-state index contributed by atoms with van der Waals surface area (Å²) >= 11 is 0. The van der Waals surface area contributed by atoms with Crippen molar-refractivity contribution in [3.05, 3.63) is 85.0 Å². The molecule has 0 saturated carbocycles. The summed E-state index contributed by atoms with van der Waals surface area (Å²) in [7, 11) is 0. The van der Waals surface area contributed by atoms with Crippen LogP contribution < -0.4 is 10.6 Å². The lowest BCUT2D eigenvalue weighted by molar-refractivity contribution is 0.0950. The second-order valence-corrected chi connectivity index (χ2v) is 5.15. The molecule has 2 rings (SSSR count). The Morgan fingerprint density at radius 1 is 0.708 bits per heavy atom. The Morgan fingerprint density at radius 2 is 1.04 bits per heavy atom. The van der Waals surface area contributed by atoms with Crippen molar-refractivity contribution in [1.29, 1.82) is 0 Å². The average molecular weight is 320 g/mol. The fourth-order valence-corrected chi connectivity index (χ4v) is 2.16. The molecule has 2 amide bonds. The maximum Gasteiger partial charge on any atom is 0.251 e. The van der Waals surface area contributed by atoms with E-state index in [0.29, 0.717) is 24.2 Å². The van der Waals surface area contributed by atoms with Crippen LogP contribution in [-0.2, 0) is 0 Å². The fraction of sp³-hybridized carbons (Fsp3) is 0.100. The molecule has 2 aromatic rings. The minimum atomic E-state index is -0.129. The van der Waals surface area contributed by atoms with Crippen LogP contribution in [0.25, 0.3) is 11.1 Å². The van der Waals surface area contributed by atoms with E-state index in [9.17, 15) is 9.59 Å². The van der Waals surface area contributed by atoms with Crippen LogP contribution in [-0.4, -0.2) is 24.9 Å². The molecule has 0 saturated heterocycles. The molecule has 0 aliphatic carbocycles. The van der Waals surface area contributed by atoms with E-state index < -0.39 is 0 Å². The van der Waals surface area contributed by atoms with Crippen molar-refractivity contribution in [1.82, 2.24) is 10.6 Å². The summed E-state index contributed by atoms with van der Waals surface area (Å²) in [6, 6.07) is 14.6. The number of rotatable bonds is 7. The number of hydrogen-bond acceptors (Lipinski definition) is 2. The van der Waals surface area contributed by atoms with Crippen LogP contribution in [0, 0.1) is 0 Å². The zero-order valence-electron chi connectivity index (χ0n) is 13.4. The number of amides is 2. The van der Waals surface area contributed by atoms with E-state index in [1.54, 1.807) is 36.4 Å². The summed E-state index contributed by atoms with van der Waals surface area (Å²) in [5.74, 6) is -0.258. The molecule has 0 aliphatic heterocycles. The zero-order valence-corrected chi connectivity index (χ0v) is 13.4. The number of hydrogen-bond donors (Lipinski definition) is 2. The van der Waals surface area contributed by atoms with Gasteiger partial charge in [0.15, 0.2) is 0 Å². The summed E-state index contributed by atoms with van der Waals surface area (Å²) in [5, 5.41) is 5.47. The topological polar surface area (TPSA) is 58.2 Å². The first-order valence-electron chi connectivity index (χ1n) is 7.64. The van der Waals surface area contributed by atoms with Gasteiger partial charge in [0.05, 0.1) is 0 Å². The Kier molecular flexibility index (Phi) is 6.08. The van der Waals surface area contributed by atoms with Crippen molar-refractivity contribution >= 4 is 11.8 Å². The number of carbonyl (C=O) groups excluding carboxylic acids is 2. The monoisotopic (exact) mass is 320 g/mol. The average Bonchev–Trinajstić information content (AvgIpc) is 2.64. The van der Waals surface area contributed by atoms with Gasteiger partial charge in [-0.2, -0.15) is 0 Å². The third-order valence-electron chi connectivity index (χ3n) is 3.44. The Morgan fingerprint density at radius 3 is 1.33 bits per heavy atom. The highest BCUT2D eigenvalue weighted by Crippen LogP contribution is 2.20. The van der Waals surface area contributed by atoms with E-state index in [-0.39, 0.29) is 11.8 Å². The van der Waals surface area contributed by atoms with Crippen molar-refractivity contribution in [2.45, 2.75) is 0 Å². The fourth-order valence-electron chi connectivity index (χ4n) is 2.16. The number of carbonyl (C=O) groups is 2. The predicted octanol–water partition coefficient (Wildman–Crippen LogP) is 3.19. The van der Waals surface area contributed by atoms with Gasteiger partial charge in [-0.15, -0.1) is 13.2 Å². The summed E-state index contributed by atoms with van der Waals surface area (Å²) in [5.41, 5.74) is 3.16. The molecule has 0 bridgehead atoms. The van der Waals surface area contributed by atoms with E-state index in [4.69, 9.17) is 0 Å². The number of benzene rings is 2. The van der Waals surface area contributed by atoms with Crippen LogP contribution in [0.15, 0.2) is 73.8 Å². The molecule has 2 N–H and O–H groups in total. The molecule has 4 heteroatoms. The first-order valence-corrected chi connectivity index (χ1v) is 7.64. The second-order valence-electron chi connectivity index (χ2n) is 5.15. The first kappa shape index (κ1) is 17.2. The van der Waals surface area contributed by atoms with Gasteiger partial charge in [0, 0.05) is 24.2 Å².